The average molecular weight is 349 g/mol. The van der Waals surface area contributed by atoms with Crippen molar-refractivity contribution in [1.29, 1.82) is 0 Å². The molecule has 1 unspecified atom stereocenters. The maximum Gasteiger partial charge on any atom is 0.265 e. The second-order valence-electron chi connectivity index (χ2n) is 6.76. The van der Waals surface area contributed by atoms with Gasteiger partial charge < -0.3 is 14.6 Å². The van der Waals surface area contributed by atoms with Crippen molar-refractivity contribution in [2.45, 2.75) is 45.3 Å². The lowest BCUT2D eigenvalue weighted by Gasteiger charge is -2.14. The van der Waals surface area contributed by atoms with Crippen molar-refractivity contribution in [3.63, 3.8) is 0 Å². The molecule has 3 aromatic rings. The van der Waals surface area contributed by atoms with Crippen molar-refractivity contribution in [3.05, 3.63) is 54.4 Å². The highest BCUT2D eigenvalue weighted by atomic mass is 16.5. The molecule has 5 nitrogen and oxygen atoms in total. The summed E-state index contributed by atoms with van der Waals surface area (Å²) in [5.74, 6) is 1.67. The summed E-state index contributed by atoms with van der Waals surface area (Å²) in [5, 5.41) is 2.93. The van der Waals surface area contributed by atoms with Crippen LogP contribution in [0, 0.1) is 0 Å². The summed E-state index contributed by atoms with van der Waals surface area (Å²) in [6, 6.07) is 15.3. The van der Waals surface area contributed by atoms with Gasteiger partial charge in [0.15, 0.2) is 6.10 Å². The Morgan fingerprint density at radius 2 is 2.00 bits per heavy atom. The van der Waals surface area contributed by atoms with E-state index in [1.807, 2.05) is 42.5 Å². The molecule has 0 saturated heterocycles. The number of nitrogens with one attached hydrogen (secondary N) is 1. The molecule has 1 N–H and O–H groups in total. The quantitative estimate of drug-likeness (QED) is 0.769. The van der Waals surface area contributed by atoms with Crippen LogP contribution in [0.25, 0.3) is 11.0 Å². The Morgan fingerprint density at radius 3 is 2.85 bits per heavy atom. The number of fused-ring (bicyclic) bond motifs is 3. The zero-order chi connectivity index (χ0) is 17.9. The minimum absolute atomic E-state index is 0.172. The molecule has 1 atom stereocenters. The zero-order valence-corrected chi connectivity index (χ0v) is 14.9. The summed E-state index contributed by atoms with van der Waals surface area (Å²) in [5.41, 5.74) is 2.84. The lowest BCUT2D eigenvalue weighted by molar-refractivity contribution is -0.122. The molecule has 1 aromatic heterocycles. The number of nitrogens with zero attached hydrogens (tertiary/aromatic N) is 2. The van der Waals surface area contributed by atoms with Gasteiger partial charge in [0.05, 0.1) is 11.0 Å². The van der Waals surface area contributed by atoms with Crippen LogP contribution in [0.4, 0.5) is 5.69 Å². The number of aryl methyl sites for hydroxylation is 2. The summed E-state index contributed by atoms with van der Waals surface area (Å²) in [6.45, 7) is 2.78. The molecule has 2 heterocycles. The Morgan fingerprint density at radius 1 is 1.15 bits per heavy atom. The van der Waals surface area contributed by atoms with E-state index in [0.29, 0.717) is 5.75 Å². The van der Waals surface area contributed by atoms with E-state index in [0.717, 1.165) is 35.5 Å². The molecule has 2 aromatic carbocycles. The standard InChI is InChI=1S/C21H23N3O2/c1-15(26-17-8-4-2-5-9-17)21(25)22-16-11-12-19-18(14-16)23-20-10-6-3-7-13-24(19)20/h2,4-5,8-9,11-12,14-15H,3,6-7,10,13H2,1H3,(H,22,25). The fourth-order valence-electron chi connectivity index (χ4n) is 3.43. The van der Waals surface area contributed by atoms with Gasteiger partial charge in [0.2, 0.25) is 0 Å². The van der Waals surface area contributed by atoms with Crippen LogP contribution in [0.15, 0.2) is 48.5 Å². The number of carbonyl (C=O) groups is 1. The van der Waals surface area contributed by atoms with Crippen LogP contribution in [0.5, 0.6) is 5.75 Å². The van der Waals surface area contributed by atoms with Gasteiger partial charge in [-0.25, -0.2) is 4.98 Å². The smallest absolute Gasteiger partial charge is 0.265 e. The van der Waals surface area contributed by atoms with E-state index in [1.54, 1.807) is 6.92 Å². The summed E-state index contributed by atoms with van der Waals surface area (Å²) >= 11 is 0. The number of imidazole rings is 1. The monoisotopic (exact) mass is 349 g/mol. The zero-order valence-electron chi connectivity index (χ0n) is 14.9. The highest BCUT2D eigenvalue weighted by Gasteiger charge is 2.17. The SMILES string of the molecule is CC(Oc1ccccc1)C(=O)Nc1ccc2c(c1)nc1n2CCCCC1. The topological polar surface area (TPSA) is 56.1 Å². The number of amides is 1. The number of para-hydroxylation sites is 1. The molecular formula is C21H23N3O2. The van der Waals surface area contributed by atoms with Gasteiger partial charge in [-0.2, -0.15) is 0 Å². The molecule has 0 saturated carbocycles. The third kappa shape index (κ3) is 3.43. The largest absolute Gasteiger partial charge is 0.481 e. The first-order chi connectivity index (χ1) is 12.7. The van der Waals surface area contributed by atoms with Crippen molar-refractivity contribution in [3.8, 4) is 5.75 Å². The summed E-state index contributed by atoms with van der Waals surface area (Å²) in [6.07, 6.45) is 4.11. The summed E-state index contributed by atoms with van der Waals surface area (Å²) in [4.78, 5) is 17.2. The van der Waals surface area contributed by atoms with Gasteiger partial charge in [-0.15, -0.1) is 0 Å². The van der Waals surface area contributed by atoms with Gasteiger partial charge in [-0.3, -0.25) is 4.79 Å². The predicted octanol–water partition coefficient (Wildman–Crippen LogP) is 4.17. The van der Waals surface area contributed by atoms with Gasteiger partial charge in [0, 0.05) is 18.7 Å². The van der Waals surface area contributed by atoms with Gasteiger partial charge in [0.1, 0.15) is 11.6 Å². The minimum Gasteiger partial charge on any atom is -0.481 e. The molecule has 0 fully saturated rings. The molecule has 1 aliphatic heterocycles. The predicted molar refractivity (Wildman–Crippen MR) is 102 cm³/mol. The van der Waals surface area contributed by atoms with E-state index >= 15 is 0 Å². The number of aromatic nitrogens is 2. The molecule has 26 heavy (non-hydrogen) atoms. The third-order valence-electron chi connectivity index (χ3n) is 4.80. The molecule has 134 valence electrons. The Bertz CT molecular complexity index is 918. The van der Waals surface area contributed by atoms with Gasteiger partial charge in [-0.05, 0) is 50.1 Å². The fraction of sp³-hybridized carbons (Fsp3) is 0.333. The van der Waals surface area contributed by atoms with Crippen LogP contribution < -0.4 is 10.1 Å². The Hall–Kier alpha value is -2.82. The molecule has 1 aliphatic rings. The lowest BCUT2D eigenvalue weighted by atomic mass is 10.2. The number of benzene rings is 2. The molecule has 0 aliphatic carbocycles. The minimum atomic E-state index is -0.577. The van der Waals surface area contributed by atoms with E-state index in [4.69, 9.17) is 9.72 Å². The Balaban J connectivity index is 1.49. The first-order valence-electron chi connectivity index (χ1n) is 9.22. The molecule has 5 heteroatoms. The molecule has 0 bridgehead atoms. The molecule has 4 rings (SSSR count). The first kappa shape index (κ1) is 16.6. The van der Waals surface area contributed by atoms with Crippen LogP contribution in [-0.4, -0.2) is 21.6 Å². The van der Waals surface area contributed by atoms with E-state index < -0.39 is 6.10 Å². The molecule has 0 spiro atoms. The Labute approximate surface area is 153 Å². The lowest BCUT2D eigenvalue weighted by Crippen LogP contribution is -2.30. The van der Waals surface area contributed by atoms with Crippen LogP contribution >= 0.6 is 0 Å². The van der Waals surface area contributed by atoms with E-state index in [9.17, 15) is 4.79 Å². The number of hydrogen-bond donors (Lipinski definition) is 1. The van der Waals surface area contributed by atoms with Gasteiger partial charge >= 0.3 is 0 Å². The number of ether oxygens (including phenoxy) is 1. The van der Waals surface area contributed by atoms with Crippen molar-refractivity contribution < 1.29 is 9.53 Å². The second-order valence-corrected chi connectivity index (χ2v) is 6.76. The van der Waals surface area contributed by atoms with E-state index in [-0.39, 0.29) is 5.91 Å². The molecule has 1 amide bonds. The Kier molecular flexibility index (Phi) is 4.61. The normalized spacial score (nSPS) is 15.1. The number of rotatable bonds is 4. The molecular weight excluding hydrogens is 326 g/mol. The maximum absolute atomic E-state index is 12.4. The van der Waals surface area contributed by atoms with E-state index in [2.05, 4.69) is 16.0 Å². The number of carbonyl (C=O) groups excluding carboxylic acids is 1. The summed E-state index contributed by atoms with van der Waals surface area (Å²) < 4.78 is 8.00. The van der Waals surface area contributed by atoms with E-state index in [1.165, 1.54) is 19.3 Å². The van der Waals surface area contributed by atoms with Crippen LogP contribution in [-0.2, 0) is 17.8 Å². The number of hydrogen-bond acceptors (Lipinski definition) is 3. The van der Waals surface area contributed by atoms with Crippen molar-refractivity contribution >= 4 is 22.6 Å². The highest BCUT2D eigenvalue weighted by molar-refractivity contribution is 5.95. The number of anilines is 1. The van der Waals surface area contributed by atoms with Crippen LogP contribution in [0.2, 0.25) is 0 Å². The average Bonchev–Trinajstić information content (AvgIpc) is 2.82. The first-order valence-corrected chi connectivity index (χ1v) is 9.22. The third-order valence-corrected chi connectivity index (χ3v) is 4.80. The van der Waals surface area contributed by atoms with Crippen molar-refractivity contribution in [2.24, 2.45) is 0 Å². The van der Waals surface area contributed by atoms with Crippen molar-refractivity contribution in [2.75, 3.05) is 5.32 Å². The molecule has 0 radical (unpaired) electrons. The highest BCUT2D eigenvalue weighted by Crippen LogP contribution is 2.24. The second kappa shape index (κ2) is 7.20. The van der Waals surface area contributed by atoms with Gasteiger partial charge in [0.25, 0.3) is 5.91 Å². The van der Waals surface area contributed by atoms with Crippen LogP contribution in [0.3, 0.4) is 0 Å². The summed E-state index contributed by atoms with van der Waals surface area (Å²) in [7, 11) is 0. The van der Waals surface area contributed by atoms with Gasteiger partial charge in [-0.1, -0.05) is 24.6 Å². The fourth-order valence-corrected chi connectivity index (χ4v) is 3.43. The van der Waals surface area contributed by atoms with Crippen LogP contribution in [0.1, 0.15) is 32.0 Å². The maximum atomic E-state index is 12.4. The van der Waals surface area contributed by atoms with Crippen molar-refractivity contribution in [1.82, 2.24) is 9.55 Å².